The van der Waals surface area contributed by atoms with E-state index in [0.717, 1.165) is 16.6 Å². The number of anilines is 1. The first kappa shape index (κ1) is 15.7. The number of oxime groups is 1. The molecule has 1 aliphatic rings. The summed E-state index contributed by atoms with van der Waals surface area (Å²) in [5.41, 5.74) is 0.918. The minimum Gasteiger partial charge on any atom is -0.462 e. The molecule has 1 saturated heterocycles. The average Bonchev–Trinajstić information content (AvgIpc) is 2.42. The second kappa shape index (κ2) is 7.92. The van der Waals surface area contributed by atoms with E-state index in [1.54, 1.807) is 12.4 Å². The van der Waals surface area contributed by atoms with E-state index in [-0.39, 0.29) is 19.2 Å². The van der Waals surface area contributed by atoms with E-state index in [1.165, 1.54) is 0 Å². The summed E-state index contributed by atoms with van der Waals surface area (Å²) in [7, 11) is 0. The van der Waals surface area contributed by atoms with Crippen LogP contribution in [0.25, 0.3) is 0 Å². The molecule has 21 heavy (non-hydrogen) atoms. The first-order chi connectivity index (χ1) is 10.2. The number of nitrogens with zero attached hydrogens (tertiary/aromatic N) is 4. The molecule has 0 saturated carbocycles. The predicted molar refractivity (Wildman–Crippen MR) is 81.2 cm³/mol. The first-order valence-corrected chi connectivity index (χ1v) is 7.54. The van der Waals surface area contributed by atoms with Gasteiger partial charge in [0.25, 0.3) is 0 Å². The van der Waals surface area contributed by atoms with Gasteiger partial charge in [0.1, 0.15) is 6.61 Å². The van der Waals surface area contributed by atoms with Crippen molar-refractivity contribution in [2.24, 2.45) is 5.16 Å². The number of esters is 1. The van der Waals surface area contributed by atoms with Gasteiger partial charge in [-0.25, -0.2) is 9.97 Å². The Bertz CT molecular complexity index is 499. The van der Waals surface area contributed by atoms with Gasteiger partial charge in [-0.2, -0.15) is 0 Å². The number of carbonyl (C=O) groups excluding carboxylic acids is 1. The van der Waals surface area contributed by atoms with Gasteiger partial charge >= 0.3 is 5.97 Å². The van der Waals surface area contributed by atoms with Crippen LogP contribution in [0.1, 0.15) is 19.8 Å². The van der Waals surface area contributed by atoms with E-state index in [2.05, 4.69) is 31.1 Å². The molecule has 2 heterocycles. The zero-order valence-corrected chi connectivity index (χ0v) is 13.4. The van der Waals surface area contributed by atoms with E-state index < -0.39 is 0 Å². The Morgan fingerprint density at radius 3 is 2.76 bits per heavy atom. The van der Waals surface area contributed by atoms with Gasteiger partial charge < -0.3 is 14.5 Å². The quantitative estimate of drug-likeness (QED) is 0.421. The highest BCUT2D eigenvalue weighted by Crippen LogP contribution is 2.15. The lowest BCUT2D eigenvalue weighted by Gasteiger charge is -2.31. The Labute approximate surface area is 131 Å². The second-order valence-electron chi connectivity index (χ2n) is 4.52. The summed E-state index contributed by atoms with van der Waals surface area (Å²) < 4.78 is 5.80. The molecule has 1 aliphatic heterocycles. The molecule has 2 rings (SSSR count). The van der Waals surface area contributed by atoms with Crippen molar-refractivity contribution in [1.29, 1.82) is 0 Å². The lowest BCUT2D eigenvalue weighted by atomic mass is 10.2. The summed E-state index contributed by atoms with van der Waals surface area (Å²) in [5, 5.41) is 3.98. The maximum atomic E-state index is 11.1. The van der Waals surface area contributed by atoms with Crippen molar-refractivity contribution in [2.75, 3.05) is 31.2 Å². The molecule has 7 nitrogen and oxygen atoms in total. The van der Waals surface area contributed by atoms with Gasteiger partial charge in [-0.1, -0.05) is 12.1 Å². The topological polar surface area (TPSA) is 76.9 Å². The molecule has 1 aromatic heterocycles. The van der Waals surface area contributed by atoms with Crippen molar-refractivity contribution in [3.8, 4) is 0 Å². The number of halogens is 1. The maximum Gasteiger partial charge on any atom is 0.305 e. The lowest BCUT2D eigenvalue weighted by Crippen LogP contribution is -2.48. The number of carbonyl (C=O) groups is 1. The fraction of sp³-hybridized carbons (Fsp3) is 0.538. The molecule has 1 fully saturated rings. The highest BCUT2D eigenvalue weighted by Gasteiger charge is 2.24. The van der Waals surface area contributed by atoms with E-state index in [4.69, 9.17) is 9.57 Å². The molecule has 0 aliphatic carbocycles. The van der Waals surface area contributed by atoms with E-state index >= 15 is 0 Å². The third kappa shape index (κ3) is 4.96. The van der Waals surface area contributed by atoms with Crippen LogP contribution in [0.3, 0.4) is 0 Å². The zero-order valence-electron chi connectivity index (χ0n) is 11.8. The van der Waals surface area contributed by atoms with Crippen LogP contribution in [-0.2, 0) is 14.4 Å². The van der Waals surface area contributed by atoms with Crippen molar-refractivity contribution < 1.29 is 14.4 Å². The molecule has 0 N–H and O–H groups in total. The van der Waals surface area contributed by atoms with E-state index in [9.17, 15) is 4.79 Å². The predicted octanol–water partition coefficient (Wildman–Crippen LogP) is 1.77. The van der Waals surface area contributed by atoms with Gasteiger partial charge in [-0.05, 0) is 22.4 Å². The van der Waals surface area contributed by atoms with Crippen molar-refractivity contribution in [3.05, 3.63) is 16.9 Å². The van der Waals surface area contributed by atoms with Gasteiger partial charge in [0.15, 0.2) is 6.61 Å². The number of aromatic nitrogens is 2. The molecule has 0 radical (unpaired) electrons. The van der Waals surface area contributed by atoms with Crippen molar-refractivity contribution in [1.82, 2.24) is 9.97 Å². The van der Waals surface area contributed by atoms with Crippen molar-refractivity contribution >= 4 is 33.6 Å². The van der Waals surface area contributed by atoms with Crippen molar-refractivity contribution in [3.63, 3.8) is 0 Å². The van der Waals surface area contributed by atoms with Gasteiger partial charge in [0, 0.05) is 18.8 Å². The summed E-state index contributed by atoms with van der Waals surface area (Å²) in [6.07, 6.45) is 4.64. The van der Waals surface area contributed by atoms with E-state index in [1.807, 2.05) is 11.8 Å². The van der Waals surface area contributed by atoms with Crippen LogP contribution in [0.4, 0.5) is 5.95 Å². The van der Waals surface area contributed by atoms with Crippen LogP contribution < -0.4 is 4.90 Å². The molecule has 0 atom stereocenters. The number of hydrogen-bond acceptors (Lipinski definition) is 7. The molecular weight excluding hydrogens is 340 g/mol. The smallest absolute Gasteiger partial charge is 0.305 e. The minimum atomic E-state index is -0.198. The maximum absolute atomic E-state index is 11.1. The third-order valence-electron chi connectivity index (χ3n) is 2.72. The zero-order chi connectivity index (χ0) is 15.1. The molecule has 8 heteroatoms. The molecule has 1 aromatic rings. The monoisotopic (exact) mass is 356 g/mol. The van der Waals surface area contributed by atoms with Gasteiger partial charge in [-0.15, -0.1) is 0 Å². The highest BCUT2D eigenvalue weighted by atomic mass is 79.9. The lowest BCUT2D eigenvalue weighted by molar-refractivity contribution is -0.145. The van der Waals surface area contributed by atoms with Crippen LogP contribution >= 0.6 is 15.9 Å². The van der Waals surface area contributed by atoms with E-state index in [0.29, 0.717) is 25.5 Å². The Morgan fingerprint density at radius 2 is 2.10 bits per heavy atom. The fourth-order valence-corrected chi connectivity index (χ4v) is 1.87. The largest absolute Gasteiger partial charge is 0.462 e. The number of hydrogen-bond donors (Lipinski definition) is 0. The Balaban J connectivity index is 1.61. The molecular formula is C13H17BrN4O3. The second-order valence-corrected chi connectivity index (χ2v) is 5.43. The van der Waals surface area contributed by atoms with Crippen LogP contribution in [-0.4, -0.2) is 48.0 Å². The standard InChI is InChI=1S/C13H17BrN4O3/c1-2-3-12(19)20-4-5-21-17-11-8-18(9-11)13-15-6-10(14)7-16-13/h6-7H,2-5,8-9H2,1H3. The van der Waals surface area contributed by atoms with Gasteiger partial charge in [0.2, 0.25) is 5.95 Å². The van der Waals surface area contributed by atoms with Crippen LogP contribution in [0.2, 0.25) is 0 Å². The first-order valence-electron chi connectivity index (χ1n) is 6.75. The molecule has 0 aromatic carbocycles. The SMILES string of the molecule is CCCC(=O)OCCON=C1CN(c2ncc(Br)cn2)C1. The Kier molecular flexibility index (Phi) is 5.91. The highest BCUT2D eigenvalue weighted by molar-refractivity contribution is 9.10. The summed E-state index contributed by atoms with van der Waals surface area (Å²) >= 11 is 3.29. The summed E-state index contributed by atoms with van der Waals surface area (Å²) in [4.78, 5) is 26.6. The van der Waals surface area contributed by atoms with Crippen LogP contribution in [0.5, 0.6) is 0 Å². The van der Waals surface area contributed by atoms with Gasteiger partial charge in [-0.3, -0.25) is 4.79 Å². The summed E-state index contributed by atoms with van der Waals surface area (Å²) in [6.45, 7) is 3.73. The Morgan fingerprint density at radius 1 is 1.38 bits per heavy atom. The van der Waals surface area contributed by atoms with Crippen LogP contribution in [0.15, 0.2) is 22.0 Å². The van der Waals surface area contributed by atoms with Crippen LogP contribution in [0, 0.1) is 0 Å². The fourth-order valence-electron chi connectivity index (χ4n) is 1.67. The minimum absolute atomic E-state index is 0.198. The summed E-state index contributed by atoms with van der Waals surface area (Å²) in [6, 6.07) is 0. The molecule has 0 amide bonds. The molecule has 0 unspecified atom stereocenters. The molecule has 0 bridgehead atoms. The Hall–Kier alpha value is -1.70. The van der Waals surface area contributed by atoms with Gasteiger partial charge in [0.05, 0.1) is 23.3 Å². The number of rotatable bonds is 7. The average molecular weight is 357 g/mol. The summed E-state index contributed by atoms with van der Waals surface area (Å²) in [5.74, 6) is 0.474. The third-order valence-corrected chi connectivity index (χ3v) is 3.13. The molecule has 114 valence electrons. The van der Waals surface area contributed by atoms with Crippen molar-refractivity contribution in [2.45, 2.75) is 19.8 Å². The number of ether oxygens (including phenoxy) is 1. The normalized spacial score (nSPS) is 13.6. The molecule has 0 spiro atoms.